The fourth-order valence-electron chi connectivity index (χ4n) is 3.13. The van der Waals surface area contributed by atoms with E-state index in [-0.39, 0.29) is 5.91 Å². The number of carbonyl (C=O) groups is 1. The van der Waals surface area contributed by atoms with E-state index in [2.05, 4.69) is 20.2 Å². The molecular formula is C20H20ClN5O2. The highest BCUT2D eigenvalue weighted by atomic mass is 35.5. The first-order valence-electron chi connectivity index (χ1n) is 9.04. The van der Waals surface area contributed by atoms with E-state index < -0.39 is 0 Å². The largest absolute Gasteiger partial charge is 0.459 e. The summed E-state index contributed by atoms with van der Waals surface area (Å²) in [7, 11) is 0. The topological polar surface area (TPSA) is 74.5 Å². The SMILES string of the molecule is Cc1ccc(Cl)cc1Nc1nccc(N2CCN(C(=O)c3ccco3)CC2)n1. The molecule has 1 fully saturated rings. The molecule has 2 aromatic heterocycles. The van der Waals surface area contributed by atoms with Crippen molar-refractivity contribution < 1.29 is 9.21 Å². The Labute approximate surface area is 167 Å². The fraction of sp³-hybridized carbons (Fsp3) is 0.250. The quantitative estimate of drug-likeness (QED) is 0.722. The summed E-state index contributed by atoms with van der Waals surface area (Å²) >= 11 is 6.08. The van der Waals surface area contributed by atoms with Gasteiger partial charge in [0.25, 0.3) is 5.91 Å². The predicted octanol–water partition coefficient (Wildman–Crippen LogP) is 3.74. The summed E-state index contributed by atoms with van der Waals surface area (Å²) in [5.41, 5.74) is 1.93. The number of furan rings is 1. The van der Waals surface area contributed by atoms with E-state index in [1.165, 1.54) is 6.26 Å². The zero-order valence-corrected chi connectivity index (χ0v) is 16.2. The van der Waals surface area contributed by atoms with Gasteiger partial charge < -0.3 is 19.5 Å². The smallest absolute Gasteiger partial charge is 0.289 e. The van der Waals surface area contributed by atoms with Crippen LogP contribution in [-0.4, -0.2) is 47.0 Å². The van der Waals surface area contributed by atoms with Crippen LogP contribution >= 0.6 is 11.6 Å². The Hall–Kier alpha value is -3.06. The van der Waals surface area contributed by atoms with Gasteiger partial charge in [-0.05, 0) is 42.8 Å². The van der Waals surface area contributed by atoms with E-state index in [1.807, 2.05) is 31.2 Å². The molecule has 3 aromatic rings. The first kappa shape index (κ1) is 18.3. The molecule has 0 atom stereocenters. The van der Waals surface area contributed by atoms with Crippen molar-refractivity contribution in [1.29, 1.82) is 0 Å². The van der Waals surface area contributed by atoms with Crippen LogP contribution in [0.5, 0.6) is 0 Å². The van der Waals surface area contributed by atoms with Crippen molar-refractivity contribution in [2.45, 2.75) is 6.92 Å². The number of piperazine rings is 1. The van der Waals surface area contributed by atoms with Gasteiger partial charge in [-0.3, -0.25) is 4.79 Å². The third-order valence-corrected chi connectivity index (χ3v) is 4.94. The van der Waals surface area contributed by atoms with Gasteiger partial charge in [0.1, 0.15) is 5.82 Å². The highest BCUT2D eigenvalue weighted by Crippen LogP contribution is 2.24. The molecule has 0 bridgehead atoms. The number of hydrogen-bond donors (Lipinski definition) is 1. The molecule has 3 heterocycles. The molecule has 1 aliphatic heterocycles. The first-order chi connectivity index (χ1) is 13.6. The molecule has 0 spiro atoms. The van der Waals surface area contributed by atoms with Crippen molar-refractivity contribution in [2.24, 2.45) is 0 Å². The van der Waals surface area contributed by atoms with Crippen LogP contribution in [0.1, 0.15) is 16.1 Å². The number of carbonyl (C=O) groups excluding carboxylic acids is 1. The number of benzene rings is 1. The minimum atomic E-state index is -0.0777. The zero-order valence-electron chi connectivity index (χ0n) is 15.4. The van der Waals surface area contributed by atoms with Crippen molar-refractivity contribution in [3.8, 4) is 0 Å². The summed E-state index contributed by atoms with van der Waals surface area (Å²) in [6, 6.07) is 10.9. The minimum Gasteiger partial charge on any atom is -0.459 e. The summed E-state index contributed by atoms with van der Waals surface area (Å²) in [6.07, 6.45) is 3.24. The summed E-state index contributed by atoms with van der Waals surface area (Å²) in [5.74, 6) is 1.63. The Morgan fingerprint density at radius 2 is 2.00 bits per heavy atom. The molecule has 4 rings (SSSR count). The summed E-state index contributed by atoms with van der Waals surface area (Å²) < 4.78 is 5.21. The fourth-order valence-corrected chi connectivity index (χ4v) is 3.30. The van der Waals surface area contributed by atoms with Crippen LogP contribution in [-0.2, 0) is 0 Å². The molecule has 1 aliphatic rings. The molecule has 144 valence electrons. The van der Waals surface area contributed by atoms with Crippen molar-refractivity contribution in [2.75, 3.05) is 36.4 Å². The van der Waals surface area contributed by atoms with E-state index in [0.29, 0.717) is 42.9 Å². The van der Waals surface area contributed by atoms with Gasteiger partial charge in [-0.2, -0.15) is 4.98 Å². The van der Waals surface area contributed by atoms with E-state index in [0.717, 1.165) is 17.1 Å². The van der Waals surface area contributed by atoms with Crippen molar-refractivity contribution >= 4 is 35.0 Å². The molecule has 1 N–H and O–H groups in total. The van der Waals surface area contributed by atoms with Crippen LogP contribution in [0.3, 0.4) is 0 Å². The molecular weight excluding hydrogens is 378 g/mol. The molecule has 0 unspecified atom stereocenters. The van der Waals surface area contributed by atoms with E-state index in [4.69, 9.17) is 16.0 Å². The third kappa shape index (κ3) is 3.94. The van der Waals surface area contributed by atoms with Crippen LogP contribution in [0, 0.1) is 6.92 Å². The molecule has 7 nitrogen and oxygen atoms in total. The van der Waals surface area contributed by atoms with E-state index in [1.54, 1.807) is 23.2 Å². The highest BCUT2D eigenvalue weighted by Gasteiger charge is 2.24. The Kier molecular flexibility index (Phi) is 5.16. The maximum atomic E-state index is 12.4. The van der Waals surface area contributed by atoms with Gasteiger partial charge in [0.15, 0.2) is 5.76 Å². The maximum Gasteiger partial charge on any atom is 0.289 e. The number of aryl methyl sites for hydroxylation is 1. The predicted molar refractivity (Wildman–Crippen MR) is 108 cm³/mol. The molecule has 1 saturated heterocycles. The highest BCUT2D eigenvalue weighted by molar-refractivity contribution is 6.30. The lowest BCUT2D eigenvalue weighted by Crippen LogP contribution is -2.49. The van der Waals surface area contributed by atoms with E-state index >= 15 is 0 Å². The second kappa shape index (κ2) is 7.90. The number of rotatable bonds is 4. The molecule has 28 heavy (non-hydrogen) atoms. The second-order valence-electron chi connectivity index (χ2n) is 6.58. The lowest BCUT2D eigenvalue weighted by Gasteiger charge is -2.35. The van der Waals surface area contributed by atoms with Gasteiger partial charge in [-0.1, -0.05) is 17.7 Å². The minimum absolute atomic E-state index is 0.0777. The van der Waals surface area contributed by atoms with Crippen molar-refractivity contribution in [3.05, 3.63) is 65.2 Å². The summed E-state index contributed by atoms with van der Waals surface area (Å²) in [6.45, 7) is 4.61. The van der Waals surface area contributed by atoms with Crippen LogP contribution in [0.2, 0.25) is 5.02 Å². The third-order valence-electron chi connectivity index (χ3n) is 4.71. The summed E-state index contributed by atoms with van der Waals surface area (Å²) in [4.78, 5) is 25.3. The van der Waals surface area contributed by atoms with Gasteiger partial charge in [0.2, 0.25) is 5.95 Å². The number of aromatic nitrogens is 2. The van der Waals surface area contributed by atoms with Crippen molar-refractivity contribution in [3.63, 3.8) is 0 Å². The van der Waals surface area contributed by atoms with Gasteiger partial charge in [0.05, 0.1) is 6.26 Å². The molecule has 1 aromatic carbocycles. The lowest BCUT2D eigenvalue weighted by atomic mass is 10.2. The maximum absolute atomic E-state index is 12.4. The Bertz CT molecular complexity index is 968. The van der Waals surface area contributed by atoms with Gasteiger partial charge in [0, 0.05) is 43.1 Å². The second-order valence-corrected chi connectivity index (χ2v) is 7.02. The standard InChI is InChI=1S/C20H20ClN5O2/c1-14-4-5-15(21)13-16(14)23-20-22-7-6-18(24-20)25-8-10-26(11-9-25)19(27)17-3-2-12-28-17/h2-7,12-13H,8-11H2,1H3,(H,22,23,24). The summed E-state index contributed by atoms with van der Waals surface area (Å²) in [5, 5.41) is 3.88. The van der Waals surface area contributed by atoms with Crippen LogP contribution in [0.15, 0.2) is 53.3 Å². The number of nitrogens with zero attached hydrogens (tertiary/aromatic N) is 4. The van der Waals surface area contributed by atoms with Crippen LogP contribution < -0.4 is 10.2 Å². The van der Waals surface area contributed by atoms with Gasteiger partial charge in [-0.25, -0.2) is 4.98 Å². The lowest BCUT2D eigenvalue weighted by molar-refractivity contribution is 0.0714. The normalized spacial score (nSPS) is 14.2. The molecule has 0 radical (unpaired) electrons. The Morgan fingerprint density at radius 1 is 1.18 bits per heavy atom. The Balaban J connectivity index is 1.42. The average Bonchev–Trinajstić information content (AvgIpc) is 3.25. The molecule has 1 amide bonds. The van der Waals surface area contributed by atoms with Crippen LogP contribution in [0.25, 0.3) is 0 Å². The average molecular weight is 398 g/mol. The molecule has 8 heteroatoms. The first-order valence-corrected chi connectivity index (χ1v) is 9.42. The monoisotopic (exact) mass is 397 g/mol. The Morgan fingerprint density at radius 3 is 2.75 bits per heavy atom. The van der Waals surface area contributed by atoms with Gasteiger partial charge in [-0.15, -0.1) is 0 Å². The number of hydrogen-bond acceptors (Lipinski definition) is 6. The zero-order chi connectivity index (χ0) is 19.5. The molecule has 0 aliphatic carbocycles. The number of halogens is 1. The number of nitrogens with one attached hydrogen (secondary N) is 1. The van der Waals surface area contributed by atoms with E-state index in [9.17, 15) is 4.79 Å². The number of anilines is 3. The molecule has 0 saturated carbocycles. The van der Waals surface area contributed by atoms with Crippen LogP contribution in [0.4, 0.5) is 17.5 Å². The van der Waals surface area contributed by atoms with Gasteiger partial charge >= 0.3 is 0 Å². The van der Waals surface area contributed by atoms with Crippen molar-refractivity contribution in [1.82, 2.24) is 14.9 Å². The number of amides is 1.